The van der Waals surface area contributed by atoms with Crippen LogP contribution in [0.3, 0.4) is 0 Å². The fourth-order valence-corrected chi connectivity index (χ4v) is 2.62. The minimum Gasteiger partial charge on any atom is -0.320 e. The van der Waals surface area contributed by atoms with Gasteiger partial charge in [-0.1, -0.05) is 25.5 Å². The van der Waals surface area contributed by atoms with Gasteiger partial charge in [-0.15, -0.1) is 0 Å². The number of hydrogen-bond acceptors (Lipinski definition) is 2. The molecule has 2 aromatic rings. The average molecular weight is 332 g/mol. The first-order valence-corrected chi connectivity index (χ1v) is 7.97. The van der Waals surface area contributed by atoms with E-state index in [9.17, 15) is 13.6 Å². The molecule has 0 aliphatic rings. The van der Waals surface area contributed by atoms with Gasteiger partial charge in [-0.3, -0.25) is 4.79 Å². The van der Waals surface area contributed by atoms with Crippen LogP contribution in [0.1, 0.15) is 24.5 Å². The Kier molecular flexibility index (Phi) is 6.04. The molecular weight excluding hydrogens is 310 g/mol. The summed E-state index contributed by atoms with van der Waals surface area (Å²) in [6.45, 7) is 2.11. The summed E-state index contributed by atoms with van der Waals surface area (Å²) < 4.78 is 26.5. The summed E-state index contributed by atoms with van der Waals surface area (Å²) in [7, 11) is 1.64. The Hall–Kier alpha value is -2.27. The van der Waals surface area contributed by atoms with Gasteiger partial charge in [0.1, 0.15) is 11.6 Å². The van der Waals surface area contributed by atoms with Crippen LogP contribution >= 0.6 is 0 Å². The largest absolute Gasteiger partial charge is 0.320 e. The predicted molar refractivity (Wildman–Crippen MR) is 91.9 cm³/mol. The monoisotopic (exact) mass is 332 g/mol. The Balaban J connectivity index is 2.05. The van der Waals surface area contributed by atoms with Crippen molar-refractivity contribution >= 4 is 11.6 Å². The second-order valence-electron chi connectivity index (χ2n) is 5.90. The molecule has 3 nitrogen and oxygen atoms in total. The summed E-state index contributed by atoms with van der Waals surface area (Å²) in [6, 6.07) is 10.0. The number of aryl methyl sites for hydroxylation is 1. The van der Waals surface area contributed by atoms with E-state index in [1.807, 2.05) is 24.3 Å². The molecule has 1 atom stereocenters. The molecule has 0 fully saturated rings. The van der Waals surface area contributed by atoms with Gasteiger partial charge in [0, 0.05) is 18.8 Å². The van der Waals surface area contributed by atoms with Gasteiger partial charge >= 0.3 is 0 Å². The zero-order chi connectivity index (χ0) is 17.7. The first-order chi connectivity index (χ1) is 11.4. The molecule has 5 heteroatoms. The van der Waals surface area contributed by atoms with Crippen molar-refractivity contribution in [3.05, 3.63) is 65.2 Å². The molecule has 0 aliphatic heterocycles. The molecule has 128 valence electrons. The highest BCUT2D eigenvalue weighted by molar-refractivity contribution is 5.96. The third-order valence-corrected chi connectivity index (χ3v) is 3.89. The van der Waals surface area contributed by atoms with Crippen LogP contribution in [-0.4, -0.2) is 19.0 Å². The number of nitrogens with two attached hydrogens (primary N) is 1. The Morgan fingerprint density at radius 2 is 1.67 bits per heavy atom. The number of nitrogens with zero attached hydrogens (tertiary/aromatic N) is 1. The summed E-state index contributed by atoms with van der Waals surface area (Å²) >= 11 is 0. The van der Waals surface area contributed by atoms with Crippen LogP contribution in [0.4, 0.5) is 14.5 Å². The number of carbonyl (C=O) groups is 1. The average Bonchev–Trinajstić information content (AvgIpc) is 2.53. The van der Waals surface area contributed by atoms with Crippen LogP contribution in [0, 0.1) is 11.6 Å². The minimum atomic E-state index is -0.869. The first-order valence-electron chi connectivity index (χ1n) is 7.97. The van der Waals surface area contributed by atoms with E-state index in [0.717, 1.165) is 24.6 Å². The van der Waals surface area contributed by atoms with Gasteiger partial charge < -0.3 is 10.6 Å². The molecule has 0 saturated carbocycles. The standard InChI is InChI=1S/C19H22F2N2O/c1-3-4-13-5-7-17(8-6-13)23(2)19(24)18(22)11-14-9-15(20)12-16(21)10-14/h5-10,12,18H,3-4,11,22H2,1-2H3/t18-/m0/s1. The number of likely N-dealkylation sites (N-methyl/N-ethyl adjacent to an activating group) is 1. The zero-order valence-electron chi connectivity index (χ0n) is 13.9. The number of carbonyl (C=O) groups excluding carboxylic acids is 1. The number of halogens is 2. The maximum atomic E-state index is 13.2. The maximum Gasteiger partial charge on any atom is 0.243 e. The lowest BCUT2D eigenvalue weighted by atomic mass is 10.0. The van der Waals surface area contributed by atoms with E-state index in [2.05, 4.69) is 6.92 Å². The normalized spacial score (nSPS) is 12.0. The molecule has 2 rings (SSSR count). The number of amides is 1. The van der Waals surface area contributed by atoms with Crippen molar-refractivity contribution in [1.82, 2.24) is 0 Å². The molecule has 24 heavy (non-hydrogen) atoms. The lowest BCUT2D eigenvalue weighted by Gasteiger charge is -2.22. The highest BCUT2D eigenvalue weighted by atomic mass is 19.1. The zero-order valence-corrected chi connectivity index (χ0v) is 13.9. The number of rotatable bonds is 6. The molecule has 2 N–H and O–H groups in total. The summed E-state index contributed by atoms with van der Waals surface area (Å²) in [6.07, 6.45) is 2.12. The van der Waals surface area contributed by atoms with E-state index in [1.54, 1.807) is 7.05 Å². The third-order valence-electron chi connectivity index (χ3n) is 3.89. The third kappa shape index (κ3) is 4.61. The molecule has 0 heterocycles. The van der Waals surface area contributed by atoms with Crippen LogP contribution in [0.15, 0.2) is 42.5 Å². The van der Waals surface area contributed by atoms with Crippen molar-refractivity contribution in [3.63, 3.8) is 0 Å². The van der Waals surface area contributed by atoms with Crippen molar-refractivity contribution in [2.24, 2.45) is 5.73 Å². The van der Waals surface area contributed by atoms with E-state index in [0.29, 0.717) is 5.56 Å². The van der Waals surface area contributed by atoms with Gasteiger partial charge in [0.25, 0.3) is 0 Å². The molecule has 0 aliphatic carbocycles. The van der Waals surface area contributed by atoms with Crippen LogP contribution in [0.25, 0.3) is 0 Å². The number of anilines is 1. The Labute approximate surface area is 141 Å². The van der Waals surface area contributed by atoms with Crippen molar-refractivity contribution in [2.75, 3.05) is 11.9 Å². The summed E-state index contributed by atoms with van der Waals surface area (Å²) in [4.78, 5) is 13.9. The lowest BCUT2D eigenvalue weighted by Crippen LogP contribution is -2.43. The lowest BCUT2D eigenvalue weighted by molar-refractivity contribution is -0.119. The molecule has 0 saturated heterocycles. The second-order valence-corrected chi connectivity index (χ2v) is 5.90. The van der Waals surface area contributed by atoms with Gasteiger partial charge in [-0.2, -0.15) is 0 Å². The smallest absolute Gasteiger partial charge is 0.243 e. The molecule has 0 bridgehead atoms. The van der Waals surface area contributed by atoms with E-state index in [-0.39, 0.29) is 12.3 Å². The molecule has 2 aromatic carbocycles. The van der Waals surface area contributed by atoms with Crippen molar-refractivity contribution in [2.45, 2.75) is 32.2 Å². The fraction of sp³-hybridized carbons (Fsp3) is 0.316. The van der Waals surface area contributed by atoms with E-state index >= 15 is 0 Å². The highest BCUT2D eigenvalue weighted by Crippen LogP contribution is 2.17. The highest BCUT2D eigenvalue weighted by Gasteiger charge is 2.20. The van der Waals surface area contributed by atoms with Crippen LogP contribution < -0.4 is 10.6 Å². The van der Waals surface area contributed by atoms with Gasteiger partial charge in [0.05, 0.1) is 6.04 Å². The maximum absolute atomic E-state index is 13.2. The van der Waals surface area contributed by atoms with Gasteiger partial charge in [-0.25, -0.2) is 8.78 Å². The summed E-state index contributed by atoms with van der Waals surface area (Å²) in [5.41, 5.74) is 8.24. The Morgan fingerprint density at radius 1 is 1.08 bits per heavy atom. The quantitative estimate of drug-likeness (QED) is 0.881. The van der Waals surface area contributed by atoms with Crippen LogP contribution in [0.5, 0.6) is 0 Å². The molecular formula is C19H22F2N2O. The minimum absolute atomic E-state index is 0.0752. The topological polar surface area (TPSA) is 46.3 Å². The first kappa shape index (κ1) is 18.1. The Bertz CT molecular complexity index is 681. The van der Waals surface area contributed by atoms with E-state index in [1.165, 1.54) is 22.6 Å². The SMILES string of the molecule is CCCc1ccc(N(C)C(=O)[C@@H](N)Cc2cc(F)cc(F)c2)cc1. The fourth-order valence-electron chi connectivity index (χ4n) is 2.62. The number of hydrogen-bond donors (Lipinski definition) is 1. The summed E-state index contributed by atoms with van der Waals surface area (Å²) in [5, 5.41) is 0. The molecule has 0 unspecified atom stereocenters. The molecule has 1 amide bonds. The van der Waals surface area contributed by atoms with Crippen LogP contribution in [0.2, 0.25) is 0 Å². The molecule has 0 spiro atoms. The van der Waals surface area contributed by atoms with Crippen molar-refractivity contribution < 1.29 is 13.6 Å². The van der Waals surface area contributed by atoms with Gasteiger partial charge in [0.15, 0.2) is 0 Å². The molecule has 0 radical (unpaired) electrons. The molecule has 0 aromatic heterocycles. The van der Waals surface area contributed by atoms with Gasteiger partial charge in [0.2, 0.25) is 5.91 Å². The summed E-state index contributed by atoms with van der Waals surface area (Å²) in [5.74, 6) is -1.66. The van der Waals surface area contributed by atoms with E-state index < -0.39 is 17.7 Å². The Morgan fingerprint density at radius 3 is 2.21 bits per heavy atom. The van der Waals surface area contributed by atoms with E-state index in [4.69, 9.17) is 5.73 Å². The van der Waals surface area contributed by atoms with Crippen molar-refractivity contribution in [3.8, 4) is 0 Å². The van der Waals surface area contributed by atoms with Gasteiger partial charge in [-0.05, 0) is 48.2 Å². The second kappa shape index (κ2) is 8.02. The number of benzene rings is 2. The van der Waals surface area contributed by atoms with Crippen LogP contribution in [-0.2, 0) is 17.6 Å². The van der Waals surface area contributed by atoms with Crippen molar-refractivity contribution in [1.29, 1.82) is 0 Å². The predicted octanol–water partition coefficient (Wildman–Crippen LogP) is 3.45.